The van der Waals surface area contributed by atoms with Gasteiger partial charge in [-0.3, -0.25) is 14.5 Å². The monoisotopic (exact) mass is 648 g/mol. The number of benzene rings is 4. The predicted molar refractivity (Wildman–Crippen MR) is 179 cm³/mol. The molecule has 5 rings (SSSR count). The summed E-state index contributed by atoms with van der Waals surface area (Å²) in [7, 11) is 3.24. The maximum Gasteiger partial charge on any atom is 0.303 e. The molecule has 250 valence electrons. The third-order valence-corrected chi connectivity index (χ3v) is 8.41. The Balaban J connectivity index is 0.000000385. The molecule has 0 aliphatic carbocycles. The zero-order chi connectivity index (χ0) is 34.1. The van der Waals surface area contributed by atoms with Crippen LogP contribution in [0.15, 0.2) is 66.7 Å². The Morgan fingerprint density at radius 1 is 0.957 bits per heavy atom. The quantitative estimate of drug-likeness (QED) is 0.181. The highest BCUT2D eigenvalue weighted by molar-refractivity contribution is 6.01. The van der Waals surface area contributed by atoms with Crippen LogP contribution in [0.1, 0.15) is 47.7 Å². The third-order valence-electron chi connectivity index (χ3n) is 8.41. The number of methoxy groups -OCH3 is 2. The summed E-state index contributed by atoms with van der Waals surface area (Å²) >= 11 is 0. The molecule has 3 N–H and O–H groups in total. The van der Waals surface area contributed by atoms with E-state index >= 15 is 0 Å². The zero-order valence-electron chi connectivity index (χ0n) is 27.3. The van der Waals surface area contributed by atoms with E-state index in [0.717, 1.165) is 47.1 Å². The largest absolute Gasteiger partial charge is 0.496 e. The molecule has 0 unspecified atom stereocenters. The number of alkyl halides is 1. The standard InChI is InChI=1S/C29H34FNO5.C8H8FNO/c1-29(30)12-14-31(15-13-29)16-17-36-21-18-25(34-2)28(26(19-21)35-3)24-9-5-7-22-20(10-11-27(32)33)6-4-8-23(22)24;1-5-3-2-4-6(9)7(5)8(10)11/h4-9,18-19H,10-17H2,1-3H3,(H,32,33);2-4H,1H3,(H2,10,11). The lowest BCUT2D eigenvalue weighted by Crippen LogP contribution is -2.41. The van der Waals surface area contributed by atoms with E-state index < -0.39 is 23.4 Å². The summed E-state index contributed by atoms with van der Waals surface area (Å²) in [5.41, 5.74) is 7.16. The number of primary amides is 1. The number of hydrogen-bond acceptors (Lipinski definition) is 6. The summed E-state index contributed by atoms with van der Waals surface area (Å²) < 4.78 is 44.4. The first kappa shape index (κ1) is 35.2. The van der Waals surface area contributed by atoms with E-state index in [0.29, 0.717) is 48.7 Å². The van der Waals surface area contributed by atoms with Crippen LogP contribution >= 0.6 is 0 Å². The highest BCUT2D eigenvalue weighted by Crippen LogP contribution is 2.44. The molecule has 4 aromatic rings. The average Bonchev–Trinajstić information content (AvgIpc) is 3.04. The Hall–Kier alpha value is -4.70. The fraction of sp³-hybridized carbons (Fsp3) is 0.351. The Labute approximate surface area is 274 Å². The van der Waals surface area contributed by atoms with E-state index in [4.69, 9.17) is 25.1 Å². The maximum absolute atomic E-state index is 14.1. The van der Waals surface area contributed by atoms with Crippen molar-refractivity contribution in [3.8, 4) is 28.4 Å². The first-order chi connectivity index (χ1) is 22.4. The van der Waals surface area contributed by atoms with E-state index in [-0.39, 0.29) is 12.0 Å². The van der Waals surface area contributed by atoms with E-state index in [1.165, 1.54) is 12.1 Å². The van der Waals surface area contributed by atoms with Crippen molar-refractivity contribution in [2.45, 2.75) is 45.2 Å². The molecule has 0 atom stereocenters. The van der Waals surface area contributed by atoms with Gasteiger partial charge in [0.1, 0.15) is 35.3 Å². The molecule has 0 saturated carbocycles. The van der Waals surface area contributed by atoms with Gasteiger partial charge < -0.3 is 25.1 Å². The number of piperidine rings is 1. The van der Waals surface area contributed by atoms with Gasteiger partial charge in [-0.15, -0.1) is 0 Å². The molecular formula is C37H42F2N2O6. The number of aliphatic carboxylic acids is 1. The van der Waals surface area contributed by atoms with Crippen molar-refractivity contribution >= 4 is 22.6 Å². The molecule has 47 heavy (non-hydrogen) atoms. The molecule has 4 aromatic carbocycles. The van der Waals surface area contributed by atoms with Gasteiger partial charge in [-0.05, 0) is 66.6 Å². The average molecular weight is 649 g/mol. The predicted octanol–water partition coefficient (Wildman–Crippen LogP) is 6.98. The topological polar surface area (TPSA) is 111 Å². The van der Waals surface area contributed by atoms with E-state index in [1.807, 2.05) is 48.5 Å². The number of aryl methyl sites for hydroxylation is 2. The summed E-state index contributed by atoms with van der Waals surface area (Å²) in [6.07, 6.45) is 1.63. The molecule has 1 amide bonds. The van der Waals surface area contributed by atoms with Crippen LogP contribution in [0.3, 0.4) is 0 Å². The number of carboxylic acids is 1. The minimum absolute atomic E-state index is 0.0208. The van der Waals surface area contributed by atoms with Gasteiger partial charge in [0.25, 0.3) is 5.91 Å². The molecule has 0 radical (unpaired) electrons. The van der Waals surface area contributed by atoms with Gasteiger partial charge in [-0.1, -0.05) is 48.5 Å². The lowest BCUT2D eigenvalue weighted by molar-refractivity contribution is -0.136. The van der Waals surface area contributed by atoms with Gasteiger partial charge in [0.05, 0.1) is 25.3 Å². The number of amides is 1. The minimum Gasteiger partial charge on any atom is -0.496 e. The number of carbonyl (C=O) groups excluding carboxylic acids is 1. The molecule has 1 aliphatic heterocycles. The van der Waals surface area contributed by atoms with E-state index in [1.54, 1.807) is 34.1 Å². The molecule has 10 heteroatoms. The number of carboxylic acid groups (broad SMARTS) is 1. The second kappa shape index (κ2) is 15.7. The van der Waals surface area contributed by atoms with Crippen molar-refractivity contribution in [2.24, 2.45) is 5.73 Å². The van der Waals surface area contributed by atoms with Crippen molar-refractivity contribution in [3.05, 3.63) is 89.2 Å². The Bertz CT molecular complexity index is 1670. The smallest absolute Gasteiger partial charge is 0.303 e. The number of likely N-dealkylation sites (tertiary alicyclic amines) is 1. The number of fused-ring (bicyclic) bond motifs is 1. The van der Waals surface area contributed by atoms with Crippen molar-refractivity contribution in [3.63, 3.8) is 0 Å². The molecule has 0 bridgehead atoms. The fourth-order valence-corrected chi connectivity index (χ4v) is 5.77. The first-order valence-corrected chi connectivity index (χ1v) is 15.5. The molecule has 1 fully saturated rings. The van der Waals surface area contributed by atoms with Crippen LogP contribution in [-0.2, 0) is 11.2 Å². The second-order valence-corrected chi connectivity index (χ2v) is 11.8. The number of rotatable bonds is 11. The Morgan fingerprint density at radius 2 is 1.57 bits per heavy atom. The zero-order valence-corrected chi connectivity index (χ0v) is 27.3. The molecule has 8 nitrogen and oxygen atoms in total. The number of ether oxygens (including phenoxy) is 3. The SMILES string of the molecule is COc1cc(OCCN2CCC(C)(F)CC2)cc(OC)c1-c1cccc2c(CCC(=O)O)cccc12.Cc1cccc(F)c1C(N)=O. The molecular weight excluding hydrogens is 606 g/mol. The normalized spacial score (nSPS) is 14.2. The van der Waals surface area contributed by atoms with Crippen LogP contribution < -0.4 is 19.9 Å². The van der Waals surface area contributed by atoms with Gasteiger partial charge in [-0.25, -0.2) is 8.78 Å². The molecule has 1 heterocycles. The fourth-order valence-electron chi connectivity index (χ4n) is 5.77. The summed E-state index contributed by atoms with van der Waals surface area (Å²) in [6, 6.07) is 20.1. The van der Waals surface area contributed by atoms with E-state index in [9.17, 15) is 18.4 Å². The lowest BCUT2D eigenvalue weighted by Gasteiger charge is -2.33. The highest BCUT2D eigenvalue weighted by Gasteiger charge is 2.29. The number of hydrogen-bond donors (Lipinski definition) is 2. The van der Waals surface area contributed by atoms with Crippen LogP contribution in [0.25, 0.3) is 21.9 Å². The molecule has 1 aliphatic rings. The van der Waals surface area contributed by atoms with Crippen LogP contribution in [0, 0.1) is 12.7 Å². The summed E-state index contributed by atoms with van der Waals surface area (Å²) in [6.45, 7) is 5.99. The Morgan fingerprint density at radius 3 is 2.15 bits per heavy atom. The second-order valence-electron chi connectivity index (χ2n) is 11.8. The number of halogens is 2. The summed E-state index contributed by atoms with van der Waals surface area (Å²) in [4.78, 5) is 24.0. The Kier molecular flexibility index (Phi) is 11.8. The molecule has 0 aromatic heterocycles. The van der Waals surface area contributed by atoms with E-state index in [2.05, 4.69) is 4.90 Å². The van der Waals surface area contributed by atoms with Crippen molar-refractivity contribution in [2.75, 3.05) is 40.5 Å². The van der Waals surface area contributed by atoms with Gasteiger partial charge >= 0.3 is 5.97 Å². The van der Waals surface area contributed by atoms with Crippen LogP contribution in [-0.4, -0.2) is 68.0 Å². The summed E-state index contributed by atoms with van der Waals surface area (Å²) in [5, 5.41) is 11.1. The van der Waals surface area contributed by atoms with Crippen molar-refractivity contribution < 1.29 is 37.7 Å². The molecule has 1 saturated heterocycles. The first-order valence-electron chi connectivity index (χ1n) is 15.5. The molecule has 0 spiro atoms. The lowest BCUT2D eigenvalue weighted by atomic mass is 9.93. The number of carbonyl (C=O) groups is 2. The third kappa shape index (κ3) is 8.98. The van der Waals surface area contributed by atoms with Gasteiger partial charge in [0, 0.05) is 38.2 Å². The maximum atomic E-state index is 14.1. The van der Waals surface area contributed by atoms with Gasteiger partial charge in [0.15, 0.2) is 0 Å². The van der Waals surface area contributed by atoms with Crippen molar-refractivity contribution in [1.82, 2.24) is 4.90 Å². The summed E-state index contributed by atoms with van der Waals surface area (Å²) in [5.74, 6) is -0.207. The number of nitrogens with zero attached hydrogens (tertiary/aromatic N) is 1. The highest BCUT2D eigenvalue weighted by atomic mass is 19.1. The number of nitrogens with two attached hydrogens (primary N) is 1. The van der Waals surface area contributed by atoms with Gasteiger partial charge in [-0.2, -0.15) is 0 Å². The van der Waals surface area contributed by atoms with Crippen LogP contribution in [0.5, 0.6) is 17.2 Å². The minimum atomic E-state index is -1.06. The van der Waals surface area contributed by atoms with Crippen LogP contribution in [0.4, 0.5) is 8.78 Å². The van der Waals surface area contributed by atoms with Crippen molar-refractivity contribution in [1.29, 1.82) is 0 Å². The van der Waals surface area contributed by atoms with Crippen LogP contribution in [0.2, 0.25) is 0 Å². The van der Waals surface area contributed by atoms with Gasteiger partial charge in [0.2, 0.25) is 0 Å².